The smallest absolute Gasteiger partial charge is 0.341 e. The molecule has 1 unspecified atom stereocenters. The van der Waals surface area contributed by atoms with E-state index in [2.05, 4.69) is 16.0 Å². The summed E-state index contributed by atoms with van der Waals surface area (Å²) in [6.07, 6.45) is 7.62. The lowest BCUT2D eigenvalue weighted by Crippen LogP contribution is -2.30. The summed E-state index contributed by atoms with van der Waals surface area (Å²) in [6, 6.07) is 23.1. The molecule has 3 N–H and O–H groups in total. The largest absolute Gasteiger partial charge is 0.494 e. The van der Waals surface area contributed by atoms with E-state index in [0.717, 1.165) is 53.9 Å². The Kier molecular flexibility index (Phi) is 13.5. The van der Waals surface area contributed by atoms with Gasteiger partial charge in [0.05, 0.1) is 24.0 Å². The second kappa shape index (κ2) is 18.4. The van der Waals surface area contributed by atoms with Crippen LogP contribution in [0.25, 0.3) is 6.08 Å². The summed E-state index contributed by atoms with van der Waals surface area (Å²) < 4.78 is 10.9. The summed E-state index contributed by atoms with van der Waals surface area (Å²) in [4.78, 5) is 55.1. The Morgan fingerprint density at radius 1 is 0.863 bits per heavy atom. The minimum absolute atomic E-state index is 0.0567. The quantitative estimate of drug-likeness (QED) is 0.0718. The second-order valence-electron chi connectivity index (χ2n) is 12.0. The molecular formula is C40H43N3O6S2. The number of esters is 1. The average molecular weight is 726 g/mol. The Balaban J connectivity index is 1.30. The molecule has 9 nitrogen and oxygen atoms in total. The lowest BCUT2D eigenvalue weighted by Gasteiger charge is -2.14. The Bertz CT molecular complexity index is 1870. The molecule has 3 amide bonds. The highest BCUT2D eigenvalue weighted by Crippen LogP contribution is 2.38. The molecule has 1 atom stereocenters. The van der Waals surface area contributed by atoms with Gasteiger partial charge in [0, 0.05) is 21.0 Å². The highest BCUT2D eigenvalue weighted by molar-refractivity contribution is 8.00. The summed E-state index contributed by atoms with van der Waals surface area (Å²) >= 11 is 2.81. The van der Waals surface area contributed by atoms with Gasteiger partial charge in [-0.1, -0.05) is 49.2 Å². The van der Waals surface area contributed by atoms with E-state index in [0.29, 0.717) is 39.7 Å². The van der Waals surface area contributed by atoms with E-state index in [1.165, 1.54) is 23.1 Å². The topological polar surface area (TPSA) is 123 Å². The number of fused-ring (bicyclic) bond motifs is 1. The van der Waals surface area contributed by atoms with E-state index >= 15 is 0 Å². The van der Waals surface area contributed by atoms with Crippen LogP contribution in [0.3, 0.4) is 0 Å². The third kappa shape index (κ3) is 10.3. The molecule has 266 valence electrons. The molecule has 0 aliphatic heterocycles. The minimum Gasteiger partial charge on any atom is -0.494 e. The monoisotopic (exact) mass is 725 g/mol. The van der Waals surface area contributed by atoms with Crippen LogP contribution in [-0.2, 0) is 27.2 Å². The predicted molar refractivity (Wildman–Crippen MR) is 205 cm³/mol. The molecule has 1 heterocycles. The first-order valence-electron chi connectivity index (χ1n) is 17.3. The van der Waals surface area contributed by atoms with Gasteiger partial charge in [-0.05, 0) is 106 Å². The maximum Gasteiger partial charge on any atom is 0.341 e. The molecule has 0 saturated carbocycles. The van der Waals surface area contributed by atoms with Gasteiger partial charge in [-0.3, -0.25) is 14.4 Å². The van der Waals surface area contributed by atoms with Gasteiger partial charge in [-0.15, -0.1) is 23.1 Å². The van der Waals surface area contributed by atoms with Crippen LogP contribution in [0.15, 0.2) is 89.5 Å². The molecule has 0 saturated heterocycles. The van der Waals surface area contributed by atoms with Crippen molar-refractivity contribution in [2.45, 2.75) is 69.4 Å². The van der Waals surface area contributed by atoms with Crippen molar-refractivity contribution in [1.29, 1.82) is 0 Å². The van der Waals surface area contributed by atoms with Gasteiger partial charge in [0.15, 0.2) is 0 Å². The Morgan fingerprint density at radius 3 is 2.33 bits per heavy atom. The molecule has 4 aromatic rings. The minimum atomic E-state index is -0.518. The van der Waals surface area contributed by atoms with Gasteiger partial charge in [0.2, 0.25) is 5.91 Å². The molecule has 51 heavy (non-hydrogen) atoms. The highest BCUT2D eigenvalue weighted by atomic mass is 32.2. The Morgan fingerprint density at radius 2 is 1.61 bits per heavy atom. The van der Waals surface area contributed by atoms with Crippen molar-refractivity contribution >= 4 is 63.6 Å². The normalized spacial score (nSPS) is 13.5. The number of carbonyl (C=O) groups excluding carboxylic acids is 4. The number of ether oxygens (including phenoxy) is 2. The summed E-state index contributed by atoms with van der Waals surface area (Å²) in [5.74, 6) is -0.869. The van der Waals surface area contributed by atoms with Crippen LogP contribution >= 0.6 is 23.1 Å². The van der Waals surface area contributed by atoms with Gasteiger partial charge < -0.3 is 25.4 Å². The van der Waals surface area contributed by atoms with Gasteiger partial charge in [0.1, 0.15) is 16.4 Å². The zero-order valence-electron chi connectivity index (χ0n) is 29.1. The first-order valence-corrected chi connectivity index (χ1v) is 19.0. The zero-order chi connectivity index (χ0) is 36.2. The molecule has 0 fully saturated rings. The number of hydrogen-bond acceptors (Lipinski definition) is 8. The number of amides is 3. The SMILES string of the molecule is CCOC(=O)c1c(NC(=O)C(C)Sc2cccc(NC(=O)/C(=C\c3ccc(OCC)cc3)NC(=O)c3ccccc3)c2)sc2c1CCCCCC2. The van der Waals surface area contributed by atoms with E-state index in [4.69, 9.17) is 9.47 Å². The second-order valence-corrected chi connectivity index (χ2v) is 14.5. The molecule has 3 aromatic carbocycles. The first kappa shape index (κ1) is 37.4. The van der Waals surface area contributed by atoms with Crippen molar-refractivity contribution in [3.63, 3.8) is 0 Å². The van der Waals surface area contributed by atoms with Crippen LogP contribution < -0.4 is 20.7 Å². The fraction of sp³-hybridized carbons (Fsp3) is 0.300. The molecule has 0 radical (unpaired) electrons. The fourth-order valence-electron chi connectivity index (χ4n) is 5.68. The van der Waals surface area contributed by atoms with Crippen molar-refractivity contribution in [2.24, 2.45) is 0 Å². The van der Waals surface area contributed by atoms with E-state index in [1.54, 1.807) is 86.7 Å². The van der Waals surface area contributed by atoms with Crippen molar-refractivity contribution in [1.82, 2.24) is 5.32 Å². The number of aryl methyl sites for hydroxylation is 1. The molecule has 1 aliphatic rings. The maximum absolute atomic E-state index is 13.6. The van der Waals surface area contributed by atoms with E-state index in [9.17, 15) is 19.2 Å². The van der Waals surface area contributed by atoms with Gasteiger partial charge in [-0.25, -0.2) is 4.79 Å². The number of nitrogens with one attached hydrogen (secondary N) is 3. The summed E-state index contributed by atoms with van der Waals surface area (Å²) in [6.45, 7) is 6.27. The lowest BCUT2D eigenvalue weighted by atomic mass is 9.96. The van der Waals surface area contributed by atoms with Crippen molar-refractivity contribution in [2.75, 3.05) is 23.8 Å². The van der Waals surface area contributed by atoms with E-state index < -0.39 is 23.0 Å². The molecule has 11 heteroatoms. The molecular weight excluding hydrogens is 683 g/mol. The van der Waals surface area contributed by atoms with Crippen LogP contribution in [-0.4, -0.2) is 42.2 Å². The van der Waals surface area contributed by atoms with Crippen LogP contribution in [0.5, 0.6) is 5.75 Å². The standard InChI is InChI=1S/C40H43N3O6S2/c1-4-48-30-22-20-27(21-23-30)24-33(42-37(45)28-14-9-8-10-15-28)38(46)41-29-16-13-17-31(25-29)50-26(3)36(44)43-39-35(40(47)49-5-2)32-18-11-6-7-12-19-34(32)51-39/h8-10,13-17,20-26H,4-7,11-12,18-19H2,1-3H3,(H,41,46)(H,42,45)(H,43,44)/b33-24+. The van der Waals surface area contributed by atoms with Crippen LogP contribution in [0, 0.1) is 0 Å². The van der Waals surface area contributed by atoms with Gasteiger partial charge in [0.25, 0.3) is 11.8 Å². The maximum atomic E-state index is 13.6. The van der Waals surface area contributed by atoms with E-state index in [-0.39, 0.29) is 18.2 Å². The number of thiophene rings is 1. The zero-order valence-corrected chi connectivity index (χ0v) is 30.7. The van der Waals surface area contributed by atoms with Crippen LogP contribution in [0.2, 0.25) is 0 Å². The molecule has 1 aliphatic carbocycles. The number of rotatable bonds is 13. The third-order valence-electron chi connectivity index (χ3n) is 8.19. The molecule has 0 spiro atoms. The average Bonchev–Trinajstić information content (AvgIpc) is 3.44. The van der Waals surface area contributed by atoms with Gasteiger partial charge >= 0.3 is 5.97 Å². The van der Waals surface area contributed by atoms with Crippen LogP contribution in [0.4, 0.5) is 10.7 Å². The summed E-state index contributed by atoms with van der Waals surface area (Å²) in [5.41, 5.74) is 3.16. The Hall–Kier alpha value is -4.87. The highest BCUT2D eigenvalue weighted by Gasteiger charge is 2.27. The van der Waals surface area contributed by atoms with Crippen molar-refractivity contribution < 1.29 is 28.7 Å². The molecule has 1 aromatic heterocycles. The Labute approximate surface area is 307 Å². The summed E-state index contributed by atoms with van der Waals surface area (Å²) in [7, 11) is 0. The fourth-order valence-corrected chi connectivity index (χ4v) is 7.89. The van der Waals surface area contributed by atoms with Crippen molar-refractivity contribution in [3.05, 3.63) is 112 Å². The molecule has 5 rings (SSSR count). The number of benzene rings is 3. The van der Waals surface area contributed by atoms with Crippen LogP contribution in [0.1, 0.15) is 83.2 Å². The lowest BCUT2D eigenvalue weighted by molar-refractivity contribution is -0.115. The third-order valence-corrected chi connectivity index (χ3v) is 10.5. The van der Waals surface area contributed by atoms with Gasteiger partial charge in [-0.2, -0.15) is 0 Å². The van der Waals surface area contributed by atoms with E-state index in [1.807, 2.05) is 19.1 Å². The number of hydrogen-bond donors (Lipinski definition) is 3. The molecule has 0 bridgehead atoms. The first-order chi connectivity index (χ1) is 24.7. The number of anilines is 2. The number of carbonyl (C=O) groups is 4. The number of thioether (sulfide) groups is 1. The summed E-state index contributed by atoms with van der Waals surface area (Å²) in [5, 5.41) is 8.71. The van der Waals surface area contributed by atoms with Crippen molar-refractivity contribution in [3.8, 4) is 5.75 Å². The predicted octanol–water partition coefficient (Wildman–Crippen LogP) is 8.51.